The molecule has 33 heavy (non-hydrogen) atoms. The van der Waals surface area contributed by atoms with E-state index in [1.165, 1.54) is 6.07 Å². The van der Waals surface area contributed by atoms with Crippen molar-refractivity contribution in [3.63, 3.8) is 0 Å². The standard InChI is InChI=1S/C25H20N4O3S/c30-29(31)20-12-5-4-10-18(20)21-13-14-22(32-21)24-23(19-11-6-7-15-26-19)27-25(33)28(24)16-17-8-2-1-3-9-17/h1-15,23-24H,16H2,(H,27,33)/t23-,24-/m0/s1. The van der Waals surface area contributed by atoms with E-state index in [9.17, 15) is 10.1 Å². The number of pyridine rings is 1. The molecule has 0 bridgehead atoms. The van der Waals surface area contributed by atoms with Crippen molar-refractivity contribution in [2.75, 3.05) is 0 Å². The Kier molecular flexibility index (Phi) is 5.58. The van der Waals surface area contributed by atoms with Gasteiger partial charge in [-0.1, -0.05) is 48.5 Å². The van der Waals surface area contributed by atoms with Gasteiger partial charge >= 0.3 is 0 Å². The Balaban J connectivity index is 1.56. The van der Waals surface area contributed by atoms with Gasteiger partial charge in [-0.15, -0.1) is 0 Å². The number of nitrogens with one attached hydrogen (secondary N) is 1. The highest BCUT2D eigenvalue weighted by molar-refractivity contribution is 7.80. The molecule has 0 amide bonds. The summed E-state index contributed by atoms with van der Waals surface area (Å²) >= 11 is 5.71. The number of rotatable bonds is 6. The minimum absolute atomic E-state index is 0.000820. The maximum absolute atomic E-state index is 11.5. The van der Waals surface area contributed by atoms with Gasteiger partial charge < -0.3 is 14.6 Å². The predicted octanol–water partition coefficient (Wildman–Crippen LogP) is 5.42. The lowest BCUT2D eigenvalue weighted by molar-refractivity contribution is -0.384. The Morgan fingerprint density at radius 3 is 2.52 bits per heavy atom. The zero-order chi connectivity index (χ0) is 22.8. The molecule has 0 saturated carbocycles. The van der Waals surface area contributed by atoms with Crippen molar-refractivity contribution < 1.29 is 9.34 Å². The third-order valence-electron chi connectivity index (χ3n) is 5.68. The van der Waals surface area contributed by atoms with Gasteiger partial charge in [0.25, 0.3) is 5.69 Å². The molecular formula is C25H20N4O3S. The molecule has 2 aromatic heterocycles. The van der Waals surface area contributed by atoms with E-state index in [-0.39, 0.29) is 17.8 Å². The molecule has 3 heterocycles. The maximum atomic E-state index is 11.5. The van der Waals surface area contributed by atoms with Crippen molar-refractivity contribution in [2.24, 2.45) is 0 Å². The molecule has 2 atom stereocenters. The van der Waals surface area contributed by atoms with Crippen LogP contribution >= 0.6 is 12.2 Å². The number of nitrogens with zero attached hydrogens (tertiary/aromatic N) is 3. The van der Waals surface area contributed by atoms with Crippen LogP contribution in [0.2, 0.25) is 0 Å². The van der Waals surface area contributed by atoms with Crippen LogP contribution in [-0.2, 0) is 6.54 Å². The molecule has 1 fully saturated rings. The SMILES string of the molecule is O=[N+]([O-])c1ccccc1-c1ccc([C@H]2[C@H](c3ccccn3)NC(=S)N2Cc2ccccc2)o1. The Morgan fingerprint density at radius 2 is 1.76 bits per heavy atom. The van der Waals surface area contributed by atoms with Crippen molar-refractivity contribution >= 4 is 23.0 Å². The smallest absolute Gasteiger partial charge is 0.280 e. The van der Waals surface area contributed by atoms with Crippen molar-refractivity contribution in [1.82, 2.24) is 15.2 Å². The molecule has 1 N–H and O–H groups in total. The van der Waals surface area contributed by atoms with Gasteiger partial charge in [-0.05, 0) is 48.1 Å². The Bertz CT molecular complexity index is 1290. The minimum Gasteiger partial charge on any atom is -0.459 e. The molecule has 1 aliphatic rings. The Morgan fingerprint density at radius 1 is 1.00 bits per heavy atom. The lowest BCUT2D eigenvalue weighted by Crippen LogP contribution is -2.29. The number of furan rings is 1. The zero-order valence-corrected chi connectivity index (χ0v) is 18.3. The average Bonchev–Trinajstić information content (AvgIpc) is 3.45. The summed E-state index contributed by atoms with van der Waals surface area (Å²) in [6.07, 6.45) is 1.75. The summed E-state index contributed by atoms with van der Waals surface area (Å²) < 4.78 is 6.24. The molecule has 0 radical (unpaired) electrons. The molecular weight excluding hydrogens is 436 g/mol. The number of hydrogen-bond acceptors (Lipinski definition) is 5. The van der Waals surface area contributed by atoms with E-state index in [1.807, 2.05) is 42.5 Å². The minimum atomic E-state index is -0.401. The second kappa shape index (κ2) is 8.84. The van der Waals surface area contributed by atoms with Gasteiger partial charge in [0.05, 0.1) is 22.2 Å². The van der Waals surface area contributed by atoms with E-state index < -0.39 is 4.92 Å². The summed E-state index contributed by atoms with van der Waals surface area (Å²) in [7, 11) is 0. The van der Waals surface area contributed by atoms with Crippen LogP contribution in [0.25, 0.3) is 11.3 Å². The summed E-state index contributed by atoms with van der Waals surface area (Å²) in [5, 5.41) is 15.5. The van der Waals surface area contributed by atoms with Crippen molar-refractivity contribution in [2.45, 2.75) is 18.6 Å². The highest BCUT2D eigenvalue weighted by atomic mass is 32.1. The molecule has 1 aliphatic heterocycles. The van der Waals surface area contributed by atoms with E-state index in [2.05, 4.69) is 27.3 Å². The number of hydrogen-bond donors (Lipinski definition) is 1. The van der Waals surface area contributed by atoms with Crippen molar-refractivity contribution in [3.05, 3.63) is 118 Å². The van der Waals surface area contributed by atoms with Gasteiger partial charge in [0, 0.05) is 18.8 Å². The first-order chi connectivity index (χ1) is 16.1. The first kappa shape index (κ1) is 20.8. The quantitative estimate of drug-likeness (QED) is 0.235. The number of nitro benzene ring substituents is 1. The molecule has 164 valence electrons. The van der Waals surface area contributed by atoms with Crippen LogP contribution < -0.4 is 5.32 Å². The van der Waals surface area contributed by atoms with Gasteiger partial charge in [0.1, 0.15) is 17.6 Å². The van der Waals surface area contributed by atoms with Gasteiger partial charge in [0.2, 0.25) is 0 Å². The second-order valence-corrected chi connectivity index (χ2v) is 8.10. The normalized spacial score (nSPS) is 17.7. The lowest BCUT2D eigenvalue weighted by Gasteiger charge is -2.26. The molecule has 4 aromatic rings. The third kappa shape index (κ3) is 4.08. The first-order valence-corrected chi connectivity index (χ1v) is 10.9. The molecule has 7 nitrogen and oxygen atoms in total. The summed E-state index contributed by atoms with van der Waals surface area (Å²) in [6.45, 7) is 0.586. The molecule has 8 heteroatoms. The molecule has 0 spiro atoms. The van der Waals surface area contributed by atoms with Crippen molar-refractivity contribution in [1.29, 1.82) is 0 Å². The Hall–Kier alpha value is -4.04. The highest BCUT2D eigenvalue weighted by Crippen LogP contribution is 2.42. The van der Waals surface area contributed by atoms with Gasteiger partial charge in [-0.3, -0.25) is 15.1 Å². The number of aromatic nitrogens is 1. The van der Waals surface area contributed by atoms with Crippen LogP contribution in [0.5, 0.6) is 0 Å². The topological polar surface area (TPSA) is 84.4 Å². The van der Waals surface area contributed by atoms with Gasteiger partial charge in [-0.25, -0.2) is 0 Å². The lowest BCUT2D eigenvalue weighted by atomic mass is 10.0. The molecule has 0 aliphatic carbocycles. The van der Waals surface area contributed by atoms with E-state index >= 15 is 0 Å². The summed E-state index contributed by atoms with van der Waals surface area (Å²) in [4.78, 5) is 17.7. The highest BCUT2D eigenvalue weighted by Gasteiger charge is 2.41. The monoisotopic (exact) mass is 456 g/mol. The summed E-state index contributed by atoms with van der Waals surface area (Å²) in [5.74, 6) is 1.09. The fraction of sp³-hybridized carbons (Fsp3) is 0.120. The zero-order valence-electron chi connectivity index (χ0n) is 17.5. The number of para-hydroxylation sites is 1. The molecule has 5 rings (SSSR count). The van der Waals surface area contributed by atoms with Gasteiger partial charge in [0.15, 0.2) is 5.11 Å². The van der Waals surface area contributed by atoms with Crippen molar-refractivity contribution in [3.8, 4) is 11.3 Å². The van der Waals surface area contributed by atoms with Crippen LogP contribution in [0.4, 0.5) is 5.69 Å². The van der Waals surface area contributed by atoms with Gasteiger partial charge in [-0.2, -0.15) is 0 Å². The van der Waals surface area contributed by atoms with E-state index in [1.54, 1.807) is 30.5 Å². The van der Waals surface area contributed by atoms with E-state index in [4.69, 9.17) is 16.6 Å². The number of nitro groups is 1. The second-order valence-electron chi connectivity index (χ2n) is 7.72. The fourth-order valence-electron chi connectivity index (χ4n) is 4.16. The van der Waals surface area contributed by atoms with Crippen LogP contribution in [0.3, 0.4) is 0 Å². The van der Waals surface area contributed by atoms with E-state index in [0.29, 0.717) is 28.7 Å². The van der Waals surface area contributed by atoms with Crippen LogP contribution in [-0.4, -0.2) is 19.9 Å². The maximum Gasteiger partial charge on any atom is 0.280 e. The van der Waals surface area contributed by atoms with Crippen LogP contribution in [0, 0.1) is 10.1 Å². The predicted molar refractivity (Wildman–Crippen MR) is 128 cm³/mol. The summed E-state index contributed by atoms with van der Waals surface area (Å²) in [6, 6.07) is 25.5. The fourth-order valence-corrected chi connectivity index (χ4v) is 4.47. The first-order valence-electron chi connectivity index (χ1n) is 10.5. The molecule has 2 aromatic carbocycles. The van der Waals surface area contributed by atoms with E-state index in [0.717, 1.165) is 11.3 Å². The largest absolute Gasteiger partial charge is 0.459 e. The number of benzene rings is 2. The Labute approximate surface area is 195 Å². The third-order valence-corrected chi connectivity index (χ3v) is 6.03. The molecule has 1 saturated heterocycles. The summed E-state index contributed by atoms with van der Waals surface area (Å²) in [5.41, 5.74) is 2.38. The average molecular weight is 457 g/mol. The van der Waals surface area contributed by atoms with Crippen LogP contribution in [0.15, 0.2) is 95.5 Å². The molecule has 0 unspecified atom stereocenters. The van der Waals surface area contributed by atoms with Crippen LogP contribution in [0.1, 0.15) is 29.1 Å². The number of thiocarbonyl (C=S) groups is 1.